The minimum Gasteiger partial charge on any atom is -0.336 e. The molecule has 4 nitrogen and oxygen atoms in total. The van der Waals surface area contributed by atoms with E-state index in [1.54, 1.807) is 0 Å². The zero-order chi connectivity index (χ0) is 14.7. The van der Waals surface area contributed by atoms with E-state index in [4.69, 9.17) is 5.73 Å². The van der Waals surface area contributed by atoms with E-state index in [2.05, 4.69) is 4.90 Å². The molecule has 4 heteroatoms. The van der Waals surface area contributed by atoms with E-state index >= 15 is 0 Å². The number of nitrogens with zero attached hydrogens (tertiary/aromatic N) is 2. The molecule has 0 bridgehead atoms. The molecule has 2 N–H and O–H groups in total. The van der Waals surface area contributed by atoms with Gasteiger partial charge in [0.2, 0.25) is 0 Å². The lowest BCUT2D eigenvalue weighted by molar-refractivity contribution is 0.0631. The Hall–Kier alpha value is -1.39. The highest BCUT2D eigenvalue weighted by atomic mass is 16.2. The molecule has 1 saturated carbocycles. The molecule has 0 spiro atoms. The molecule has 114 valence electrons. The van der Waals surface area contributed by atoms with Crippen LogP contribution < -0.4 is 5.73 Å². The van der Waals surface area contributed by atoms with Gasteiger partial charge in [-0.1, -0.05) is 18.2 Å². The summed E-state index contributed by atoms with van der Waals surface area (Å²) in [6.07, 6.45) is 3.56. The van der Waals surface area contributed by atoms with E-state index in [0.717, 1.165) is 49.6 Å². The van der Waals surface area contributed by atoms with Crippen LogP contribution in [0.25, 0.3) is 0 Å². The number of amides is 1. The van der Waals surface area contributed by atoms with Crippen molar-refractivity contribution in [1.82, 2.24) is 9.80 Å². The predicted octanol–water partition coefficient (Wildman–Crippen LogP) is 1.36. The zero-order valence-corrected chi connectivity index (χ0v) is 12.6. The van der Waals surface area contributed by atoms with Gasteiger partial charge in [0.15, 0.2) is 0 Å². The number of hydrogen-bond donors (Lipinski definition) is 1. The quantitative estimate of drug-likeness (QED) is 0.889. The molecule has 1 aliphatic carbocycles. The first kappa shape index (κ1) is 14.5. The van der Waals surface area contributed by atoms with E-state index < -0.39 is 0 Å². The van der Waals surface area contributed by atoms with Crippen LogP contribution in [-0.4, -0.2) is 55.0 Å². The lowest BCUT2D eigenvalue weighted by atomic mass is 10.0. The number of hydrogen-bond acceptors (Lipinski definition) is 3. The molecule has 2 fully saturated rings. The average molecular weight is 287 g/mol. The number of nitrogens with two attached hydrogens (primary N) is 1. The van der Waals surface area contributed by atoms with Gasteiger partial charge in [0.05, 0.1) is 0 Å². The van der Waals surface area contributed by atoms with Crippen molar-refractivity contribution in [2.75, 3.05) is 39.3 Å². The van der Waals surface area contributed by atoms with E-state index in [1.807, 2.05) is 29.2 Å². The number of carbonyl (C=O) groups is 1. The van der Waals surface area contributed by atoms with Crippen LogP contribution >= 0.6 is 0 Å². The standard InChI is InChI=1S/C17H25N3O/c18-8-7-15-3-1-2-4-16(15)17(21)20-11-9-19(10-12-20)13-14-5-6-14/h1-4,14H,5-13,18H2. The van der Waals surface area contributed by atoms with Crippen LogP contribution in [0.2, 0.25) is 0 Å². The third-order valence-corrected chi connectivity index (χ3v) is 4.53. The highest BCUT2D eigenvalue weighted by molar-refractivity contribution is 5.95. The third kappa shape index (κ3) is 3.63. The maximum Gasteiger partial charge on any atom is 0.254 e. The number of carbonyl (C=O) groups excluding carboxylic acids is 1. The van der Waals surface area contributed by atoms with E-state index in [9.17, 15) is 4.79 Å². The SMILES string of the molecule is NCCc1ccccc1C(=O)N1CCN(CC2CC2)CC1. The summed E-state index contributed by atoms with van der Waals surface area (Å²) in [6.45, 7) is 5.54. The molecule has 0 atom stereocenters. The second-order valence-electron chi connectivity index (χ2n) is 6.23. The number of benzene rings is 1. The number of rotatable bonds is 5. The Kier molecular flexibility index (Phi) is 4.56. The van der Waals surface area contributed by atoms with Crippen LogP contribution in [0.3, 0.4) is 0 Å². The van der Waals surface area contributed by atoms with Crippen LogP contribution in [0, 0.1) is 5.92 Å². The maximum atomic E-state index is 12.7. The van der Waals surface area contributed by atoms with Crippen molar-refractivity contribution in [2.24, 2.45) is 11.7 Å². The Balaban J connectivity index is 1.60. The van der Waals surface area contributed by atoms with Gasteiger partial charge in [0, 0.05) is 38.3 Å². The van der Waals surface area contributed by atoms with Crippen LogP contribution in [0.5, 0.6) is 0 Å². The molecule has 1 aliphatic heterocycles. The smallest absolute Gasteiger partial charge is 0.254 e. The van der Waals surface area contributed by atoms with Crippen molar-refractivity contribution < 1.29 is 4.79 Å². The second-order valence-corrected chi connectivity index (χ2v) is 6.23. The second kappa shape index (κ2) is 6.58. The van der Waals surface area contributed by atoms with E-state index in [0.29, 0.717) is 6.54 Å². The lowest BCUT2D eigenvalue weighted by Gasteiger charge is -2.35. The minimum atomic E-state index is 0.171. The summed E-state index contributed by atoms with van der Waals surface area (Å²) >= 11 is 0. The van der Waals surface area contributed by atoms with Gasteiger partial charge >= 0.3 is 0 Å². The van der Waals surface area contributed by atoms with Crippen molar-refractivity contribution in [3.63, 3.8) is 0 Å². The topological polar surface area (TPSA) is 49.6 Å². The fourth-order valence-electron chi connectivity index (χ4n) is 3.07. The van der Waals surface area contributed by atoms with Crippen LogP contribution in [0.1, 0.15) is 28.8 Å². The third-order valence-electron chi connectivity index (χ3n) is 4.53. The van der Waals surface area contributed by atoms with Gasteiger partial charge in [-0.2, -0.15) is 0 Å². The van der Waals surface area contributed by atoms with Crippen molar-refractivity contribution in [2.45, 2.75) is 19.3 Å². The summed E-state index contributed by atoms with van der Waals surface area (Å²) in [5.41, 5.74) is 7.55. The largest absolute Gasteiger partial charge is 0.336 e. The molecule has 3 rings (SSSR count). The van der Waals surface area contributed by atoms with Gasteiger partial charge in [-0.15, -0.1) is 0 Å². The zero-order valence-electron chi connectivity index (χ0n) is 12.6. The van der Waals surface area contributed by atoms with Crippen molar-refractivity contribution in [3.8, 4) is 0 Å². The Bertz CT molecular complexity index is 491. The molecule has 0 radical (unpaired) electrons. The molecule has 1 aromatic carbocycles. The Morgan fingerprint density at radius 1 is 1.14 bits per heavy atom. The fraction of sp³-hybridized carbons (Fsp3) is 0.588. The van der Waals surface area contributed by atoms with Gasteiger partial charge in [0.1, 0.15) is 0 Å². The first-order valence-electron chi connectivity index (χ1n) is 8.07. The van der Waals surface area contributed by atoms with E-state index in [1.165, 1.54) is 19.4 Å². The average Bonchev–Trinajstić information content (AvgIpc) is 3.32. The van der Waals surface area contributed by atoms with Crippen LogP contribution in [0.4, 0.5) is 0 Å². The first-order valence-corrected chi connectivity index (χ1v) is 8.07. The minimum absolute atomic E-state index is 0.171. The monoisotopic (exact) mass is 287 g/mol. The molecule has 2 aliphatic rings. The van der Waals surface area contributed by atoms with Gasteiger partial charge < -0.3 is 10.6 Å². The molecule has 21 heavy (non-hydrogen) atoms. The van der Waals surface area contributed by atoms with Crippen molar-refractivity contribution >= 4 is 5.91 Å². The summed E-state index contributed by atoms with van der Waals surface area (Å²) in [4.78, 5) is 17.2. The summed E-state index contributed by atoms with van der Waals surface area (Å²) in [5, 5.41) is 0. The van der Waals surface area contributed by atoms with Crippen molar-refractivity contribution in [3.05, 3.63) is 35.4 Å². The molecule has 0 aromatic heterocycles. The molecule has 1 amide bonds. The molecule has 0 unspecified atom stereocenters. The normalized spacial score (nSPS) is 19.8. The van der Waals surface area contributed by atoms with Gasteiger partial charge in [-0.25, -0.2) is 0 Å². The molecule has 1 heterocycles. The molecule has 1 saturated heterocycles. The Labute approximate surface area is 126 Å². The van der Waals surface area contributed by atoms with Crippen LogP contribution in [-0.2, 0) is 6.42 Å². The summed E-state index contributed by atoms with van der Waals surface area (Å²) in [5.74, 6) is 1.10. The molecular formula is C17H25N3O. The molecular weight excluding hydrogens is 262 g/mol. The number of piperazine rings is 1. The Morgan fingerprint density at radius 2 is 1.86 bits per heavy atom. The summed E-state index contributed by atoms with van der Waals surface area (Å²) < 4.78 is 0. The highest BCUT2D eigenvalue weighted by Gasteiger charge is 2.28. The summed E-state index contributed by atoms with van der Waals surface area (Å²) in [6, 6.07) is 7.87. The Morgan fingerprint density at radius 3 is 2.52 bits per heavy atom. The van der Waals surface area contributed by atoms with E-state index in [-0.39, 0.29) is 5.91 Å². The molecule has 1 aromatic rings. The first-order chi connectivity index (χ1) is 10.3. The van der Waals surface area contributed by atoms with Gasteiger partial charge in [-0.05, 0) is 43.4 Å². The van der Waals surface area contributed by atoms with Gasteiger partial charge in [0.25, 0.3) is 5.91 Å². The lowest BCUT2D eigenvalue weighted by Crippen LogP contribution is -2.49. The van der Waals surface area contributed by atoms with Crippen LogP contribution in [0.15, 0.2) is 24.3 Å². The van der Waals surface area contributed by atoms with Gasteiger partial charge in [-0.3, -0.25) is 9.69 Å². The maximum absolute atomic E-state index is 12.7. The highest BCUT2D eigenvalue weighted by Crippen LogP contribution is 2.30. The summed E-state index contributed by atoms with van der Waals surface area (Å²) in [7, 11) is 0. The van der Waals surface area contributed by atoms with Crippen molar-refractivity contribution in [1.29, 1.82) is 0 Å². The predicted molar refractivity (Wildman–Crippen MR) is 84.3 cm³/mol. The fourth-order valence-corrected chi connectivity index (χ4v) is 3.07.